The maximum absolute atomic E-state index is 2.47. The van der Waals surface area contributed by atoms with Crippen molar-refractivity contribution in [2.45, 2.75) is 5.66 Å². The van der Waals surface area contributed by atoms with E-state index < -0.39 is 6.95 Å². The molecule has 0 fully saturated rings. The van der Waals surface area contributed by atoms with Crippen molar-refractivity contribution in [1.82, 2.24) is 0 Å². The molecular weight excluding hydrogens is 314 g/mol. The third-order valence-corrected chi connectivity index (χ3v) is 10.8. The lowest BCUT2D eigenvalue weighted by molar-refractivity contribution is 1.16. The molecule has 0 nitrogen and oxygen atoms in total. The van der Waals surface area contributed by atoms with Crippen molar-refractivity contribution < 1.29 is 0 Å². The average Bonchev–Trinajstić information content (AvgIpc) is 2.62. The van der Waals surface area contributed by atoms with Crippen LogP contribution in [-0.4, -0.2) is 13.3 Å². The second kappa shape index (κ2) is 7.39. The van der Waals surface area contributed by atoms with E-state index in [0.717, 1.165) is 8.27 Å². The highest BCUT2D eigenvalue weighted by molar-refractivity contribution is 8.34. The van der Waals surface area contributed by atoms with Crippen molar-refractivity contribution in [2.24, 2.45) is 0 Å². The van der Waals surface area contributed by atoms with E-state index in [2.05, 4.69) is 104 Å². The molecule has 23 heavy (non-hydrogen) atoms. The van der Waals surface area contributed by atoms with Crippen molar-refractivity contribution in [3.8, 4) is 0 Å². The van der Waals surface area contributed by atoms with Crippen molar-refractivity contribution in [3.05, 3.63) is 102 Å². The highest BCUT2D eigenvalue weighted by atomic mass is 32.1. The fourth-order valence-corrected chi connectivity index (χ4v) is 8.95. The molecule has 0 amide bonds. The average molecular weight is 337 g/mol. The van der Waals surface area contributed by atoms with Crippen molar-refractivity contribution in [1.29, 1.82) is 0 Å². The molecule has 0 radical (unpaired) electrons. The predicted molar refractivity (Wildman–Crippen MR) is 108 cm³/mol. The minimum atomic E-state index is -1.15. The van der Waals surface area contributed by atoms with E-state index in [-0.39, 0.29) is 0 Å². The van der Waals surface area contributed by atoms with Crippen molar-refractivity contribution in [2.75, 3.05) is 13.3 Å². The van der Waals surface area contributed by atoms with Gasteiger partial charge in [0.05, 0.1) is 39.5 Å². The third kappa shape index (κ3) is 4.08. The topological polar surface area (TPSA) is 0 Å². The Hall–Kier alpha value is -1.48. The van der Waals surface area contributed by atoms with Crippen LogP contribution >= 0.6 is 15.2 Å². The summed E-state index contributed by atoms with van der Waals surface area (Å²) < 4.78 is 0. The molecule has 0 aliphatic heterocycles. The van der Waals surface area contributed by atoms with E-state index in [0.29, 0.717) is 5.66 Å². The van der Waals surface area contributed by atoms with E-state index >= 15 is 0 Å². The van der Waals surface area contributed by atoms with Gasteiger partial charge in [0.15, 0.2) is 0 Å². The molecule has 2 heteroatoms. The summed E-state index contributed by atoms with van der Waals surface area (Å²) >= 11 is 0. The molecule has 0 aliphatic carbocycles. The normalized spacial score (nSPS) is 12.1. The van der Waals surface area contributed by atoms with Gasteiger partial charge in [-0.15, -0.1) is 0 Å². The maximum Gasteiger partial charge on any atom is 0.0955 e. The maximum atomic E-state index is 2.47. The second-order valence-electron chi connectivity index (χ2n) is 6.17. The van der Waals surface area contributed by atoms with Crippen LogP contribution in [0.3, 0.4) is 0 Å². The van der Waals surface area contributed by atoms with Gasteiger partial charge in [0.25, 0.3) is 0 Å². The SMILES string of the molecule is C[P+](C)(PC(c1ccccc1)c1ccccc1)c1ccccc1. The van der Waals surface area contributed by atoms with Crippen LogP contribution in [0.4, 0.5) is 0 Å². The fraction of sp³-hybridized carbons (Fsp3) is 0.143. The lowest BCUT2D eigenvalue weighted by Crippen LogP contribution is -2.07. The molecular formula is C21H23P2+. The standard InChI is InChI=1S/C21H23P2/c1-23(2,20-16-10-5-11-17-20)22-21(18-12-6-3-7-13-18)19-14-8-4-9-15-19/h3-17,21-22H,1-2H3/q+1. The molecule has 0 heterocycles. The summed E-state index contributed by atoms with van der Waals surface area (Å²) in [6, 6.07) is 33.0. The summed E-state index contributed by atoms with van der Waals surface area (Å²) in [5.74, 6) is 0. The molecule has 0 spiro atoms. The first-order chi connectivity index (χ1) is 11.2. The zero-order valence-corrected chi connectivity index (χ0v) is 15.6. The largest absolute Gasteiger partial charge is 0.0955 e. The Morgan fingerprint density at radius 2 is 1.00 bits per heavy atom. The van der Waals surface area contributed by atoms with Gasteiger partial charge in [0, 0.05) is 0 Å². The first kappa shape index (κ1) is 16.4. The van der Waals surface area contributed by atoms with Crippen LogP contribution in [0.15, 0.2) is 91.0 Å². The van der Waals surface area contributed by atoms with Crippen LogP contribution in [-0.2, 0) is 0 Å². The molecule has 116 valence electrons. The summed E-state index contributed by atoms with van der Waals surface area (Å²) in [5.41, 5.74) is 3.35. The van der Waals surface area contributed by atoms with Gasteiger partial charge < -0.3 is 0 Å². The molecule has 0 bridgehead atoms. The Morgan fingerprint density at radius 1 is 0.609 bits per heavy atom. The molecule has 1 atom stereocenters. The number of hydrogen-bond donors (Lipinski definition) is 0. The Labute approximate surface area is 142 Å². The smallest absolute Gasteiger partial charge is 0.0622 e. The molecule has 0 N–H and O–H groups in total. The monoisotopic (exact) mass is 337 g/mol. The highest BCUT2D eigenvalue weighted by Gasteiger charge is 2.33. The quantitative estimate of drug-likeness (QED) is 0.503. The number of hydrogen-bond acceptors (Lipinski definition) is 0. The van der Waals surface area contributed by atoms with E-state index in [1.165, 1.54) is 16.4 Å². The number of benzene rings is 3. The van der Waals surface area contributed by atoms with Gasteiger partial charge in [0.2, 0.25) is 0 Å². The minimum absolute atomic E-state index is 0.487. The molecule has 3 rings (SSSR count). The van der Waals surface area contributed by atoms with Crippen LogP contribution in [0, 0.1) is 0 Å². The van der Waals surface area contributed by atoms with Gasteiger partial charge >= 0.3 is 0 Å². The summed E-state index contributed by atoms with van der Waals surface area (Å²) in [7, 11) is 0.893. The van der Waals surface area contributed by atoms with Gasteiger partial charge in [-0.1, -0.05) is 78.9 Å². The van der Waals surface area contributed by atoms with Crippen molar-refractivity contribution in [3.63, 3.8) is 0 Å². The molecule has 3 aromatic carbocycles. The van der Waals surface area contributed by atoms with Crippen LogP contribution in [0.5, 0.6) is 0 Å². The molecule has 0 aromatic heterocycles. The molecule has 3 aromatic rings. The van der Waals surface area contributed by atoms with Gasteiger partial charge in [-0.2, -0.15) is 0 Å². The van der Waals surface area contributed by atoms with E-state index in [4.69, 9.17) is 0 Å². The van der Waals surface area contributed by atoms with Crippen LogP contribution < -0.4 is 5.30 Å². The van der Waals surface area contributed by atoms with Crippen LogP contribution in [0.2, 0.25) is 0 Å². The molecule has 0 aliphatic rings. The third-order valence-electron chi connectivity index (χ3n) is 4.12. The predicted octanol–water partition coefficient (Wildman–Crippen LogP) is 5.97. The van der Waals surface area contributed by atoms with E-state index in [1.807, 2.05) is 0 Å². The fourth-order valence-electron chi connectivity index (χ4n) is 2.83. The van der Waals surface area contributed by atoms with Gasteiger partial charge in [0.1, 0.15) is 0 Å². The molecule has 1 unspecified atom stereocenters. The zero-order chi connectivity index (χ0) is 16.1. The molecule has 0 saturated heterocycles. The first-order valence-corrected chi connectivity index (χ1v) is 12.5. The van der Waals surface area contributed by atoms with Crippen LogP contribution in [0.1, 0.15) is 16.8 Å². The van der Waals surface area contributed by atoms with Gasteiger partial charge in [-0.3, -0.25) is 0 Å². The summed E-state index contributed by atoms with van der Waals surface area (Å²) in [4.78, 5) is 0. The minimum Gasteiger partial charge on any atom is -0.0622 e. The molecule has 0 saturated carbocycles. The Balaban J connectivity index is 1.97. The van der Waals surface area contributed by atoms with Gasteiger partial charge in [-0.05, 0) is 23.3 Å². The number of rotatable bonds is 5. The summed E-state index contributed by atoms with van der Waals surface area (Å²) in [6.07, 6.45) is 0. The Morgan fingerprint density at radius 3 is 1.43 bits per heavy atom. The Kier molecular flexibility index (Phi) is 5.27. The van der Waals surface area contributed by atoms with E-state index in [9.17, 15) is 0 Å². The Bertz CT molecular complexity index is 682. The highest BCUT2D eigenvalue weighted by Crippen LogP contribution is 2.73. The lowest BCUT2D eigenvalue weighted by atomic mass is 10.0. The lowest BCUT2D eigenvalue weighted by Gasteiger charge is -2.24. The van der Waals surface area contributed by atoms with Gasteiger partial charge in [-0.25, -0.2) is 0 Å². The first-order valence-electron chi connectivity index (χ1n) is 7.94. The summed E-state index contributed by atoms with van der Waals surface area (Å²) in [6.45, 7) is 3.79. The van der Waals surface area contributed by atoms with Crippen LogP contribution in [0.25, 0.3) is 0 Å². The van der Waals surface area contributed by atoms with Crippen molar-refractivity contribution >= 4 is 20.5 Å². The second-order valence-corrected chi connectivity index (χ2v) is 14.6. The summed E-state index contributed by atoms with van der Waals surface area (Å²) in [5, 5.41) is 1.52. The zero-order valence-electron chi connectivity index (χ0n) is 13.7. The van der Waals surface area contributed by atoms with E-state index in [1.54, 1.807) is 0 Å².